The maximum Gasteiger partial charge on any atom is 0.333 e. The molecule has 1 aromatic heterocycles. The average Bonchev–Trinajstić information content (AvgIpc) is 3.56. The van der Waals surface area contributed by atoms with Gasteiger partial charge >= 0.3 is 11.9 Å². The number of aliphatic hydroxyl groups is 1. The van der Waals surface area contributed by atoms with Gasteiger partial charge in [-0.15, -0.1) is 9.79 Å². The number of amides is 3. The molecule has 16 nitrogen and oxygen atoms in total. The molecule has 2 rings (SSSR count). The predicted molar refractivity (Wildman–Crippen MR) is 174 cm³/mol. The average molecular weight is 699 g/mol. The first-order valence-electron chi connectivity index (χ1n) is 17.4. The monoisotopic (exact) mass is 698 g/mol. The molecule has 1 aromatic rings. The van der Waals surface area contributed by atoms with Crippen LogP contribution in [0.3, 0.4) is 0 Å². The van der Waals surface area contributed by atoms with Gasteiger partial charge in [0.05, 0.1) is 13.2 Å². The van der Waals surface area contributed by atoms with Gasteiger partial charge in [-0.3, -0.25) is 14.4 Å². The third-order valence-corrected chi connectivity index (χ3v) is 7.61. The summed E-state index contributed by atoms with van der Waals surface area (Å²) in [5.41, 5.74) is 0. The number of nitrogens with one attached hydrogen (secondary N) is 2. The number of aliphatic hydroxyl groups excluding tert-OH is 1. The Bertz CT molecular complexity index is 1130. The number of carbonyl (C=O) groups excluding carboxylic acids is 5. The Labute approximate surface area is 287 Å². The molecule has 1 aliphatic rings. The number of carbonyl (C=O) groups is 5. The minimum absolute atomic E-state index is 0.0697. The minimum Gasteiger partial charge on any atom is -0.492 e. The molecule has 0 spiro atoms. The molecular weight excluding hydrogens is 644 g/mol. The summed E-state index contributed by atoms with van der Waals surface area (Å²) in [6, 6.07) is 2.44. The smallest absolute Gasteiger partial charge is 0.333 e. The summed E-state index contributed by atoms with van der Waals surface area (Å²) in [5, 5.41) is 35.0. The van der Waals surface area contributed by atoms with Crippen molar-refractivity contribution in [2.45, 2.75) is 115 Å². The van der Waals surface area contributed by atoms with E-state index in [0.29, 0.717) is 63.5 Å². The number of hydrogen-bond acceptors (Lipinski definition) is 12. The highest BCUT2D eigenvalue weighted by Crippen LogP contribution is 2.19. The Kier molecular flexibility index (Phi) is 21.2. The van der Waals surface area contributed by atoms with Crippen LogP contribution in [-0.2, 0) is 38.3 Å². The Hall–Kier alpha value is -3.89. The first-order chi connectivity index (χ1) is 23.7. The van der Waals surface area contributed by atoms with Gasteiger partial charge in [-0.1, -0.05) is 38.5 Å². The molecule has 5 N–H and O–H groups in total. The summed E-state index contributed by atoms with van der Waals surface area (Å²) >= 11 is 0. The molecule has 1 saturated heterocycles. The number of hydroxylamine groups is 2. The lowest BCUT2D eigenvalue weighted by molar-refractivity contribution is -0.220. The lowest BCUT2D eigenvalue weighted by Gasteiger charge is -2.18. The zero-order valence-corrected chi connectivity index (χ0v) is 28.4. The third-order valence-electron chi connectivity index (χ3n) is 7.61. The fourth-order valence-corrected chi connectivity index (χ4v) is 4.83. The lowest BCUT2D eigenvalue weighted by atomic mass is 10.1. The molecule has 0 radical (unpaired) electrons. The van der Waals surface area contributed by atoms with Crippen molar-refractivity contribution in [3.8, 4) is 11.8 Å². The van der Waals surface area contributed by atoms with Gasteiger partial charge < -0.3 is 45.1 Å². The summed E-state index contributed by atoms with van der Waals surface area (Å²) < 4.78 is 11.6. The molecule has 1 fully saturated rings. The van der Waals surface area contributed by atoms with Gasteiger partial charge in [-0.2, -0.15) is 0 Å². The van der Waals surface area contributed by atoms with Crippen LogP contribution < -0.4 is 15.5 Å². The van der Waals surface area contributed by atoms with E-state index in [2.05, 4.69) is 10.6 Å². The number of unbranched alkanes of at least 4 members (excludes halogenated alkanes) is 8. The van der Waals surface area contributed by atoms with Gasteiger partial charge in [0.15, 0.2) is 6.23 Å². The topological polar surface area (TPSA) is 215 Å². The Balaban J connectivity index is 1.26. The molecule has 16 heteroatoms. The van der Waals surface area contributed by atoms with Crippen molar-refractivity contribution in [3.05, 3.63) is 12.1 Å². The molecule has 0 bridgehead atoms. The van der Waals surface area contributed by atoms with Crippen LogP contribution in [0.2, 0.25) is 0 Å². The van der Waals surface area contributed by atoms with Crippen LogP contribution in [0, 0.1) is 0 Å². The van der Waals surface area contributed by atoms with E-state index in [4.69, 9.17) is 19.1 Å². The van der Waals surface area contributed by atoms with E-state index >= 15 is 0 Å². The molecular formula is C33H54N4O12. The Morgan fingerprint density at radius 3 is 1.61 bits per heavy atom. The number of rotatable bonds is 28. The van der Waals surface area contributed by atoms with E-state index in [1.165, 1.54) is 12.1 Å². The van der Waals surface area contributed by atoms with Crippen LogP contribution in [0.15, 0.2) is 12.1 Å². The molecule has 278 valence electrons. The second-order valence-corrected chi connectivity index (χ2v) is 11.8. The standard InChI is InChI=1S/C33H54N4O12/c38-26(34-20-9-5-1-3-7-12-32(44)48-36-28(40)14-15-29(36)41)18-24-46-22-11-23-47-25-19-27(39)35-21-10-6-2-4-8-13-33(45)49-37-30(42)16-17-31(37)43/h14-15,30,40-42H,1-13,16-25H2,(H,34,38)(H,35,39). The van der Waals surface area contributed by atoms with Crippen molar-refractivity contribution in [2.75, 3.05) is 39.5 Å². The SMILES string of the molecule is O=C(CCOCCCOCCC(=O)NCCCCCCCC(=O)On1c(O)ccc1O)NCCCCCCCC(=O)ON1C(=O)CCC1O. The Morgan fingerprint density at radius 1 is 0.653 bits per heavy atom. The van der Waals surface area contributed by atoms with Crippen molar-refractivity contribution < 1.29 is 58.4 Å². The van der Waals surface area contributed by atoms with Crippen LogP contribution in [0.5, 0.6) is 11.8 Å². The number of nitrogens with zero attached hydrogens (tertiary/aromatic N) is 2. The van der Waals surface area contributed by atoms with Crippen LogP contribution in [0.1, 0.15) is 109 Å². The highest BCUT2D eigenvalue weighted by molar-refractivity contribution is 5.80. The summed E-state index contributed by atoms with van der Waals surface area (Å²) in [7, 11) is 0. The highest BCUT2D eigenvalue weighted by atomic mass is 16.7. The van der Waals surface area contributed by atoms with E-state index in [1.807, 2.05) is 0 Å². The van der Waals surface area contributed by atoms with E-state index in [-0.39, 0.29) is 68.0 Å². The zero-order chi connectivity index (χ0) is 35.7. The van der Waals surface area contributed by atoms with Crippen LogP contribution in [0.4, 0.5) is 0 Å². The maximum absolute atomic E-state index is 11.9. The van der Waals surface area contributed by atoms with Gasteiger partial charge in [-0.25, -0.2) is 9.59 Å². The number of hydrogen-bond donors (Lipinski definition) is 5. The molecule has 2 heterocycles. The molecule has 0 aliphatic carbocycles. The minimum atomic E-state index is -1.05. The molecule has 49 heavy (non-hydrogen) atoms. The molecule has 0 aromatic carbocycles. The van der Waals surface area contributed by atoms with Gasteiger partial charge in [-0.05, 0) is 32.1 Å². The lowest BCUT2D eigenvalue weighted by Crippen LogP contribution is -2.35. The first-order valence-corrected chi connectivity index (χ1v) is 17.4. The first kappa shape index (κ1) is 41.3. The van der Waals surface area contributed by atoms with Crippen molar-refractivity contribution in [2.24, 2.45) is 0 Å². The highest BCUT2D eigenvalue weighted by Gasteiger charge is 2.32. The zero-order valence-electron chi connectivity index (χ0n) is 28.4. The van der Waals surface area contributed by atoms with Crippen LogP contribution in [0.25, 0.3) is 0 Å². The summed E-state index contributed by atoms with van der Waals surface area (Å²) in [5.74, 6) is -2.29. The number of ether oxygens (including phenoxy) is 2. The Morgan fingerprint density at radius 2 is 1.12 bits per heavy atom. The largest absolute Gasteiger partial charge is 0.492 e. The molecule has 0 saturated carbocycles. The number of aromatic nitrogens is 1. The molecule has 1 atom stereocenters. The van der Waals surface area contributed by atoms with E-state index < -0.39 is 18.2 Å². The van der Waals surface area contributed by atoms with E-state index in [0.717, 1.165) is 56.4 Å². The van der Waals surface area contributed by atoms with Crippen LogP contribution >= 0.6 is 0 Å². The second kappa shape index (κ2) is 25.1. The summed E-state index contributed by atoms with van der Waals surface area (Å²) in [4.78, 5) is 68.8. The van der Waals surface area contributed by atoms with Gasteiger partial charge in [0.2, 0.25) is 23.6 Å². The number of aromatic hydroxyl groups is 2. The van der Waals surface area contributed by atoms with Gasteiger partial charge in [0.25, 0.3) is 5.91 Å². The van der Waals surface area contributed by atoms with E-state index in [1.54, 1.807) is 0 Å². The van der Waals surface area contributed by atoms with Gasteiger partial charge in [0.1, 0.15) is 0 Å². The maximum atomic E-state index is 11.9. The quantitative estimate of drug-likeness (QED) is 0.0798. The van der Waals surface area contributed by atoms with Crippen molar-refractivity contribution in [1.82, 2.24) is 20.4 Å². The second-order valence-electron chi connectivity index (χ2n) is 11.8. The fraction of sp³-hybridized carbons (Fsp3) is 0.727. The van der Waals surface area contributed by atoms with Crippen molar-refractivity contribution in [3.63, 3.8) is 0 Å². The van der Waals surface area contributed by atoms with Gasteiger partial charge in [0, 0.05) is 77.0 Å². The van der Waals surface area contributed by atoms with Crippen molar-refractivity contribution >= 4 is 29.7 Å². The molecule has 1 unspecified atom stereocenters. The van der Waals surface area contributed by atoms with Crippen LogP contribution in [-0.4, -0.2) is 101 Å². The third kappa shape index (κ3) is 19.0. The van der Waals surface area contributed by atoms with E-state index in [9.17, 15) is 39.3 Å². The normalized spacial score (nSPS) is 14.2. The summed E-state index contributed by atoms with van der Waals surface area (Å²) in [6.07, 6.45) is 9.18. The molecule has 3 amide bonds. The predicted octanol–water partition coefficient (Wildman–Crippen LogP) is 2.37. The summed E-state index contributed by atoms with van der Waals surface area (Å²) in [6.45, 7) is 2.72. The molecule has 1 aliphatic heterocycles. The van der Waals surface area contributed by atoms with Crippen molar-refractivity contribution in [1.29, 1.82) is 0 Å². The fourth-order valence-electron chi connectivity index (χ4n) is 4.83.